The monoisotopic (exact) mass is 200 g/mol. The molecule has 0 aromatic heterocycles. The zero-order valence-corrected chi connectivity index (χ0v) is 9.02. The summed E-state index contributed by atoms with van der Waals surface area (Å²) in [5, 5.41) is 0. The van der Waals surface area contributed by atoms with Gasteiger partial charge in [-0.1, -0.05) is 30.4 Å². The lowest BCUT2D eigenvalue weighted by Gasteiger charge is -2.20. The Kier molecular flexibility index (Phi) is 2.05. The second-order valence-corrected chi connectivity index (χ2v) is 4.63. The molecule has 2 bridgehead atoms. The third kappa shape index (κ3) is 1.38. The molecular formula is C14H16O. The maximum Gasteiger partial charge on any atom is 0.122 e. The van der Waals surface area contributed by atoms with E-state index in [1.807, 2.05) is 6.07 Å². The molecule has 3 unspecified atom stereocenters. The van der Waals surface area contributed by atoms with Gasteiger partial charge in [-0.2, -0.15) is 0 Å². The van der Waals surface area contributed by atoms with Gasteiger partial charge in [0.2, 0.25) is 0 Å². The highest BCUT2D eigenvalue weighted by atomic mass is 16.5. The Labute approximate surface area is 90.8 Å². The first-order valence-electron chi connectivity index (χ1n) is 5.69. The van der Waals surface area contributed by atoms with E-state index in [0.717, 1.165) is 17.6 Å². The Morgan fingerprint density at radius 1 is 1.13 bits per heavy atom. The average molecular weight is 200 g/mol. The van der Waals surface area contributed by atoms with Gasteiger partial charge in [0.1, 0.15) is 5.75 Å². The van der Waals surface area contributed by atoms with Crippen molar-refractivity contribution in [3.8, 4) is 5.75 Å². The Morgan fingerprint density at radius 3 is 2.67 bits per heavy atom. The highest BCUT2D eigenvalue weighted by Gasteiger charge is 2.37. The molecule has 2 aliphatic rings. The van der Waals surface area contributed by atoms with Crippen LogP contribution < -0.4 is 4.74 Å². The number of fused-ring (bicyclic) bond motifs is 2. The average Bonchev–Trinajstić information content (AvgIpc) is 2.90. The highest BCUT2D eigenvalue weighted by Crippen LogP contribution is 2.50. The van der Waals surface area contributed by atoms with Gasteiger partial charge in [-0.3, -0.25) is 0 Å². The van der Waals surface area contributed by atoms with Gasteiger partial charge in [0.15, 0.2) is 0 Å². The summed E-state index contributed by atoms with van der Waals surface area (Å²) < 4.78 is 5.44. The Balaban J connectivity index is 1.96. The van der Waals surface area contributed by atoms with Crippen molar-refractivity contribution in [1.82, 2.24) is 0 Å². The van der Waals surface area contributed by atoms with Crippen molar-refractivity contribution < 1.29 is 4.74 Å². The molecule has 0 aliphatic heterocycles. The van der Waals surface area contributed by atoms with Crippen molar-refractivity contribution in [3.05, 3.63) is 42.0 Å². The molecule has 15 heavy (non-hydrogen) atoms. The number of hydrogen-bond donors (Lipinski definition) is 0. The molecule has 1 saturated carbocycles. The van der Waals surface area contributed by atoms with Gasteiger partial charge in [-0.05, 0) is 42.2 Å². The quantitative estimate of drug-likeness (QED) is 0.665. The fourth-order valence-corrected chi connectivity index (χ4v) is 3.11. The van der Waals surface area contributed by atoms with Crippen molar-refractivity contribution in [1.29, 1.82) is 0 Å². The highest BCUT2D eigenvalue weighted by molar-refractivity contribution is 5.39. The fraction of sp³-hybridized carbons (Fsp3) is 0.429. The van der Waals surface area contributed by atoms with Crippen LogP contribution in [-0.2, 0) is 0 Å². The summed E-state index contributed by atoms with van der Waals surface area (Å²) >= 11 is 0. The minimum Gasteiger partial charge on any atom is -0.496 e. The molecule has 1 fully saturated rings. The molecule has 2 aliphatic carbocycles. The molecule has 0 radical (unpaired) electrons. The van der Waals surface area contributed by atoms with E-state index in [-0.39, 0.29) is 0 Å². The molecule has 3 rings (SSSR count). The van der Waals surface area contributed by atoms with E-state index < -0.39 is 0 Å². The molecule has 3 atom stereocenters. The zero-order chi connectivity index (χ0) is 10.3. The fourth-order valence-electron chi connectivity index (χ4n) is 3.11. The van der Waals surface area contributed by atoms with E-state index in [1.54, 1.807) is 7.11 Å². The number of allylic oxidation sites excluding steroid dienone is 2. The lowest BCUT2D eigenvalue weighted by molar-refractivity contribution is 0.401. The molecule has 0 heterocycles. The van der Waals surface area contributed by atoms with Crippen molar-refractivity contribution in [2.75, 3.05) is 7.11 Å². The van der Waals surface area contributed by atoms with Crippen LogP contribution in [0.4, 0.5) is 0 Å². The van der Waals surface area contributed by atoms with Gasteiger partial charge < -0.3 is 4.74 Å². The molecule has 78 valence electrons. The second-order valence-electron chi connectivity index (χ2n) is 4.63. The predicted octanol–water partition coefficient (Wildman–Crippen LogP) is 3.37. The Hall–Kier alpha value is -1.24. The molecule has 0 amide bonds. The minimum absolute atomic E-state index is 0.691. The van der Waals surface area contributed by atoms with Crippen molar-refractivity contribution in [2.45, 2.75) is 18.8 Å². The molecule has 1 aromatic rings. The molecule has 0 saturated heterocycles. The molecule has 0 spiro atoms. The maximum atomic E-state index is 5.44. The number of para-hydroxylation sites is 1. The van der Waals surface area contributed by atoms with E-state index >= 15 is 0 Å². The third-order valence-electron chi connectivity index (χ3n) is 3.82. The normalized spacial score (nSPS) is 32.2. The SMILES string of the molecule is COc1ccccc1C1CC2C=CC1C2. The lowest BCUT2D eigenvalue weighted by Crippen LogP contribution is -2.06. The molecular weight excluding hydrogens is 184 g/mol. The summed E-state index contributed by atoms with van der Waals surface area (Å²) in [5.74, 6) is 3.33. The van der Waals surface area contributed by atoms with E-state index in [4.69, 9.17) is 4.74 Å². The van der Waals surface area contributed by atoms with Crippen molar-refractivity contribution in [2.24, 2.45) is 11.8 Å². The number of hydrogen-bond acceptors (Lipinski definition) is 1. The summed E-state index contributed by atoms with van der Waals surface area (Å²) in [6, 6.07) is 8.46. The van der Waals surface area contributed by atoms with Gasteiger partial charge in [0.05, 0.1) is 7.11 Å². The van der Waals surface area contributed by atoms with Crippen molar-refractivity contribution in [3.63, 3.8) is 0 Å². The number of rotatable bonds is 2. The van der Waals surface area contributed by atoms with Gasteiger partial charge in [-0.25, -0.2) is 0 Å². The van der Waals surface area contributed by atoms with Crippen LogP contribution in [0, 0.1) is 11.8 Å². The van der Waals surface area contributed by atoms with E-state index in [0.29, 0.717) is 5.92 Å². The minimum atomic E-state index is 0.691. The topological polar surface area (TPSA) is 9.23 Å². The van der Waals surface area contributed by atoms with Gasteiger partial charge in [-0.15, -0.1) is 0 Å². The van der Waals surface area contributed by atoms with Crippen LogP contribution in [0.3, 0.4) is 0 Å². The second kappa shape index (κ2) is 3.41. The molecule has 0 N–H and O–H groups in total. The Bertz CT molecular complexity index is 394. The Morgan fingerprint density at radius 2 is 2.00 bits per heavy atom. The number of ether oxygens (including phenoxy) is 1. The van der Waals surface area contributed by atoms with Crippen LogP contribution in [0.25, 0.3) is 0 Å². The first-order chi connectivity index (χ1) is 7.38. The summed E-state index contributed by atoms with van der Waals surface area (Å²) in [7, 11) is 1.77. The molecule has 1 aromatic carbocycles. The van der Waals surface area contributed by atoms with Gasteiger partial charge in [0, 0.05) is 0 Å². The number of benzene rings is 1. The van der Waals surface area contributed by atoms with Crippen LogP contribution in [-0.4, -0.2) is 7.11 Å². The lowest BCUT2D eigenvalue weighted by atomic mass is 9.86. The first-order valence-corrected chi connectivity index (χ1v) is 5.69. The largest absolute Gasteiger partial charge is 0.496 e. The van der Waals surface area contributed by atoms with Crippen LogP contribution in [0.5, 0.6) is 5.75 Å². The van der Waals surface area contributed by atoms with Gasteiger partial charge in [0.25, 0.3) is 0 Å². The van der Waals surface area contributed by atoms with Crippen LogP contribution in [0.15, 0.2) is 36.4 Å². The summed E-state index contributed by atoms with van der Waals surface area (Å²) in [5.41, 5.74) is 1.40. The van der Waals surface area contributed by atoms with Gasteiger partial charge >= 0.3 is 0 Å². The standard InChI is InChI=1S/C14H16O/c1-15-14-5-3-2-4-12(14)13-9-10-6-7-11(13)8-10/h2-7,10-11,13H,8-9H2,1H3. The summed E-state index contributed by atoms with van der Waals surface area (Å²) in [6.45, 7) is 0. The van der Waals surface area contributed by atoms with Crippen LogP contribution >= 0.6 is 0 Å². The first kappa shape index (κ1) is 9.02. The van der Waals surface area contributed by atoms with Crippen LogP contribution in [0.1, 0.15) is 24.3 Å². The smallest absolute Gasteiger partial charge is 0.122 e. The zero-order valence-electron chi connectivity index (χ0n) is 9.02. The van der Waals surface area contributed by atoms with Crippen molar-refractivity contribution >= 4 is 0 Å². The summed E-state index contributed by atoms with van der Waals surface area (Å²) in [4.78, 5) is 0. The predicted molar refractivity (Wildman–Crippen MR) is 61.1 cm³/mol. The molecule has 1 nitrogen and oxygen atoms in total. The third-order valence-corrected chi connectivity index (χ3v) is 3.82. The van der Waals surface area contributed by atoms with E-state index in [9.17, 15) is 0 Å². The van der Waals surface area contributed by atoms with E-state index in [2.05, 4.69) is 30.4 Å². The van der Waals surface area contributed by atoms with Crippen LogP contribution in [0.2, 0.25) is 0 Å². The van der Waals surface area contributed by atoms with E-state index in [1.165, 1.54) is 18.4 Å². The maximum absolute atomic E-state index is 5.44. The number of methoxy groups -OCH3 is 1. The summed E-state index contributed by atoms with van der Waals surface area (Å²) in [6.07, 6.45) is 7.44. The molecule has 1 heteroatoms.